The molecule has 1 fully saturated rings. The van der Waals surface area contributed by atoms with Gasteiger partial charge in [-0.1, -0.05) is 6.42 Å². The topological polar surface area (TPSA) is 74.2 Å². The fourth-order valence-corrected chi connectivity index (χ4v) is 2.26. The maximum absolute atomic E-state index is 11.5. The van der Waals surface area contributed by atoms with Crippen molar-refractivity contribution in [2.75, 3.05) is 13.1 Å². The molecule has 0 radical (unpaired) electrons. The van der Waals surface area contributed by atoms with Crippen LogP contribution in [-0.2, 0) is 4.74 Å². The van der Waals surface area contributed by atoms with Gasteiger partial charge in [0.15, 0.2) is 0 Å². The molecule has 2 atom stereocenters. The van der Waals surface area contributed by atoms with Gasteiger partial charge in [0.1, 0.15) is 5.60 Å². The highest BCUT2D eigenvalue weighted by Gasteiger charge is 2.27. The Labute approximate surface area is 109 Å². The Morgan fingerprint density at radius 2 is 2.17 bits per heavy atom. The van der Waals surface area contributed by atoms with Crippen molar-refractivity contribution in [3.05, 3.63) is 0 Å². The second-order valence-electron chi connectivity index (χ2n) is 5.72. The van der Waals surface area contributed by atoms with Gasteiger partial charge in [-0.05, 0) is 39.5 Å². The summed E-state index contributed by atoms with van der Waals surface area (Å²) in [7, 11) is 0. The van der Waals surface area contributed by atoms with Crippen molar-refractivity contribution >= 4 is 6.09 Å². The maximum atomic E-state index is 11.5. The van der Waals surface area contributed by atoms with Crippen molar-refractivity contribution < 1.29 is 9.53 Å². The molecule has 0 aliphatic heterocycles. The number of carbonyl (C=O) groups excluding carboxylic acids is 1. The van der Waals surface area contributed by atoms with Gasteiger partial charge in [-0.25, -0.2) is 4.79 Å². The van der Waals surface area contributed by atoms with Gasteiger partial charge in [0, 0.05) is 12.6 Å². The normalized spacial score (nSPS) is 23.4. The highest BCUT2D eigenvalue weighted by atomic mass is 16.6. The van der Waals surface area contributed by atoms with Gasteiger partial charge in [-0.3, -0.25) is 0 Å². The SMILES string of the molecule is CC(C)(C)OC(=O)NCC1CCCC1NCC#N. The molecule has 0 bridgehead atoms. The predicted octanol–water partition coefficient (Wildman–Crippen LogP) is 1.79. The summed E-state index contributed by atoms with van der Waals surface area (Å²) >= 11 is 0. The van der Waals surface area contributed by atoms with Gasteiger partial charge in [-0.2, -0.15) is 5.26 Å². The second-order valence-corrected chi connectivity index (χ2v) is 5.72. The van der Waals surface area contributed by atoms with E-state index < -0.39 is 5.60 Å². The van der Waals surface area contributed by atoms with Crippen molar-refractivity contribution in [1.29, 1.82) is 5.26 Å². The first-order valence-electron chi connectivity index (χ1n) is 6.49. The molecule has 102 valence electrons. The number of hydrogen-bond donors (Lipinski definition) is 2. The fourth-order valence-electron chi connectivity index (χ4n) is 2.26. The summed E-state index contributed by atoms with van der Waals surface area (Å²) in [4.78, 5) is 11.5. The number of carbonyl (C=O) groups is 1. The Morgan fingerprint density at radius 1 is 1.44 bits per heavy atom. The molecule has 2 N–H and O–H groups in total. The third kappa shape index (κ3) is 5.37. The highest BCUT2D eigenvalue weighted by Crippen LogP contribution is 2.24. The number of nitrogens with zero attached hydrogens (tertiary/aromatic N) is 1. The summed E-state index contributed by atoms with van der Waals surface area (Å²) in [5, 5.41) is 14.6. The smallest absolute Gasteiger partial charge is 0.407 e. The molecule has 5 nitrogen and oxygen atoms in total. The zero-order chi connectivity index (χ0) is 13.6. The standard InChI is InChI=1S/C13H23N3O2/c1-13(2,3)18-12(17)16-9-10-5-4-6-11(10)15-8-7-14/h10-11,15H,4-6,8-9H2,1-3H3,(H,16,17). The van der Waals surface area contributed by atoms with Crippen LogP contribution < -0.4 is 10.6 Å². The van der Waals surface area contributed by atoms with E-state index in [4.69, 9.17) is 10.00 Å². The quantitative estimate of drug-likeness (QED) is 0.749. The zero-order valence-corrected chi connectivity index (χ0v) is 11.5. The molecule has 0 spiro atoms. The molecule has 0 aromatic heterocycles. The zero-order valence-electron chi connectivity index (χ0n) is 11.5. The molecule has 1 saturated carbocycles. The third-order valence-electron chi connectivity index (χ3n) is 3.01. The lowest BCUT2D eigenvalue weighted by Gasteiger charge is -2.23. The Kier molecular flexibility index (Phi) is 5.42. The van der Waals surface area contributed by atoms with Gasteiger partial charge >= 0.3 is 6.09 Å². The lowest BCUT2D eigenvalue weighted by molar-refractivity contribution is 0.0517. The van der Waals surface area contributed by atoms with Crippen LogP contribution in [0, 0.1) is 17.2 Å². The minimum atomic E-state index is -0.460. The molecule has 1 rings (SSSR count). The second kappa shape index (κ2) is 6.60. The molecule has 0 aromatic carbocycles. The molecule has 18 heavy (non-hydrogen) atoms. The minimum absolute atomic E-state index is 0.333. The number of amides is 1. The van der Waals surface area contributed by atoms with Gasteiger partial charge in [-0.15, -0.1) is 0 Å². The van der Waals surface area contributed by atoms with Gasteiger partial charge in [0.25, 0.3) is 0 Å². The Balaban J connectivity index is 2.29. The van der Waals surface area contributed by atoms with Crippen LogP contribution >= 0.6 is 0 Å². The molecule has 0 aromatic rings. The van der Waals surface area contributed by atoms with Crippen LogP contribution in [0.5, 0.6) is 0 Å². The Bertz CT molecular complexity index is 317. The summed E-state index contributed by atoms with van der Waals surface area (Å²) in [5.74, 6) is 0.394. The van der Waals surface area contributed by atoms with Crippen LogP contribution in [0.4, 0.5) is 4.79 Å². The van der Waals surface area contributed by atoms with Crippen molar-refractivity contribution in [2.45, 2.75) is 51.7 Å². The van der Waals surface area contributed by atoms with Crippen molar-refractivity contribution in [2.24, 2.45) is 5.92 Å². The van der Waals surface area contributed by atoms with Crippen molar-refractivity contribution in [1.82, 2.24) is 10.6 Å². The van der Waals surface area contributed by atoms with Crippen molar-refractivity contribution in [3.63, 3.8) is 0 Å². The van der Waals surface area contributed by atoms with E-state index in [1.54, 1.807) is 0 Å². The first kappa shape index (κ1) is 14.8. The number of nitriles is 1. The van der Waals surface area contributed by atoms with E-state index in [2.05, 4.69) is 16.7 Å². The van der Waals surface area contributed by atoms with Crippen LogP contribution in [0.1, 0.15) is 40.0 Å². The first-order valence-corrected chi connectivity index (χ1v) is 6.49. The van der Waals surface area contributed by atoms with E-state index in [0.717, 1.165) is 19.3 Å². The van der Waals surface area contributed by atoms with E-state index in [-0.39, 0.29) is 6.09 Å². The van der Waals surface area contributed by atoms with Gasteiger partial charge in [0.05, 0.1) is 12.6 Å². The van der Waals surface area contributed by atoms with E-state index in [1.807, 2.05) is 20.8 Å². The van der Waals surface area contributed by atoms with Crippen molar-refractivity contribution in [3.8, 4) is 6.07 Å². The monoisotopic (exact) mass is 253 g/mol. The summed E-state index contributed by atoms with van der Waals surface area (Å²) in [6, 6.07) is 2.42. The van der Waals surface area contributed by atoms with Crippen LogP contribution in [0.2, 0.25) is 0 Å². The Morgan fingerprint density at radius 3 is 2.78 bits per heavy atom. The molecule has 1 aliphatic rings. The summed E-state index contributed by atoms with van der Waals surface area (Å²) < 4.78 is 5.19. The molecular weight excluding hydrogens is 230 g/mol. The number of alkyl carbamates (subject to hydrolysis) is 1. The summed E-state index contributed by atoms with van der Waals surface area (Å²) in [5.41, 5.74) is -0.460. The molecule has 2 unspecified atom stereocenters. The Hall–Kier alpha value is -1.28. The lowest BCUT2D eigenvalue weighted by atomic mass is 10.0. The average Bonchev–Trinajstić information content (AvgIpc) is 2.68. The molecule has 5 heteroatoms. The van der Waals surface area contributed by atoms with Crippen LogP contribution in [-0.4, -0.2) is 30.8 Å². The molecular formula is C13H23N3O2. The van der Waals surface area contributed by atoms with E-state index in [1.165, 1.54) is 0 Å². The summed E-state index contributed by atoms with van der Waals surface area (Å²) in [6.45, 7) is 6.52. The number of ether oxygens (including phenoxy) is 1. The summed E-state index contributed by atoms with van der Waals surface area (Å²) in [6.07, 6.45) is 2.93. The average molecular weight is 253 g/mol. The number of hydrogen-bond acceptors (Lipinski definition) is 4. The van der Waals surface area contributed by atoms with Crippen LogP contribution in [0.3, 0.4) is 0 Å². The maximum Gasteiger partial charge on any atom is 0.407 e. The first-order chi connectivity index (χ1) is 8.42. The third-order valence-corrected chi connectivity index (χ3v) is 3.01. The van der Waals surface area contributed by atoms with E-state index in [0.29, 0.717) is 25.0 Å². The van der Waals surface area contributed by atoms with Gasteiger partial charge < -0.3 is 15.4 Å². The number of nitrogens with one attached hydrogen (secondary N) is 2. The molecule has 0 saturated heterocycles. The van der Waals surface area contributed by atoms with E-state index >= 15 is 0 Å². The molecule has 1 amide bonds. The predicted molar refractivity (Wildman–Crippen MR) is 69.0 cm³/mol. The highest BCUT2D eigenvalue weighted by molar-refractivity contribution is 5.67. The van der Waals surface area contributed by atoms with Gasteiger partial charge in [0.2, 0.25) is 0 Å². The number of rotatable bonds is 4. The largest absolute Gasteiger partial charge is 0.444 e. The van der Waals surface area contributed by atoms with Crippen LogP contribution in [0.15, 0.2) is 0 Å². The van der Waals surface area contributed by atoms with Crippen LogP contribution in [0.25, 0.3) is 0 Å². The lowest BCUT2D eigenvalue weighted by Crippen LogP contribution is -2.41. The molecule has 1 aliphatic carbocycles. The minimum Gasteiger partial charge on any atom is -0.444 e. The fraction of sp³-hybridized carbons (Fsp3) is 0.846. The van der Waals surface area contributed by atoms with E-state index in [9.17, 15) is 4.79 Å². The molecule has 0 heterocycles.